The van der Waals surface area contributed by atoms with E-state index in [0.29, 0.717) is 17.7 Å². The summed E-state index contributed by atoms with van der Waals surface area (Å²) in [6, 6.07) is 5.54. The van der Waals surface area contributed by atoms with Crippen LogP contribution in [0.4, 0.5) is 0 Å². The molecule has 5 rings (SSSR count). The maximum atomic E-state index is 12.1. The molecule has 0 radical (unpaired) electrons. The highest BCUT2D eigenvalue weighted by Gasteiger charge is 2.45. The Hall–Kier alpha value is -1.27. The second kappa shape index (κ2) is 4.86. The Morgan fingerprint density at radius 2 is 1.82 bits per heavy atom. The summed E-state index contributed by atoms with van der Waals surface area (Å²) in [5.41, 5.74) is 2.02. The maximum absolute atomic E-state index is 12.1. The summed E-state index contributed by atoms with van der Waals surface area (Å²) >= 11 is 6.86. The minimum atomic E-state index is -0.280. The molecule has 2 aromatic rings. The monoisotopic (exact) mass is 425 g/mol. The van der Waals surface area contributed by atoms with Crippen molar-refractivity contribution < 1.29 is 15.0 Å². The molecule has 0 aliphatic heterocycles. The second-order valence-electron chi connectivity index (χ2n) is 5.90. The molecular weight excluding hydrogens is 414 g/mol. The molecule has 0 spiro atoms. The highest BCUT2D eigenvalue weighted by molar-refractivity contribution is 9.11. The van der Waals surface area contributed by atoms with Crippen molar-refractivity contribution in [1.29, 1.82) is 0 Å². The summed E-state index contributed by atoms with van der Waals surface area (Å²) in [5.74, 6) is -0.0595. The van der Waals surface area contributed by atoms with Crippen molar-refractivity contribution in [3.8, 4) is 17.4 Å². The van der Waals surface area contributed by atoms with E-state index in [1.807, 2.05) is 18.2 Å². The van der Waals surface area contributed by atoms with Gasteiger partial charge in [-0.1, -0.05) is 15.9 Å². The standard InChI is InChI=1S/C16H13Br2NO3/c17-8-2-4-10(18)11(6-8)19-15(21)13-7-1-3-9(12(20)5-7)14(13)16(19)22/h2,4,6-7,9,21-22H,1,3,5H2/t7-,9+/m0/s1. The van der Waals surface area contributed by atoms with Crippen molar-refractivity contribution in [1.82, 2.24) is 4.57 Å². The van der Waals surface area contributed by atoms with Crippen LogP contribution in [0.15, 0.2) is 27.1 Å². The zero-order valence-electron chi connectivity index (χ0n) is 11.5. The minimum absolute atomic E-state index is 0.0191. The minimum Gasteiger partial charge on any atom is -0.494 e. The van der Waals surface area contributed by atoms with E-state index in [-0.39, 0.29) is 29.4 Å². The van der Waals surface area contributed by atoms with Crippen LogP contribution >= 0.6 is 31.9 Å². The Kier molecular flexibility index (Phi) is 3.17. The lowest BCUT2D eigenvalue weighted by atomic mass is 9.67. The smallest absolute Gasteiger partial charge is 0.203 e. The van der Waals surface area contributed by atoms with Gasteiger partial charge < -0.3 is 10.2 Å². The van der Waals surface area contributed by atoms with E-state index in [0.717, 1.165) is 27.4 Å². The molecule has 2 atom stereocenters. The summed E-state index contributed by atoms with van der Waals surface area (Å²) in [6.45, 7) is 0. The molecule has 2 bridgehead atoms. The SMILES string of the molecule is O=C1C[C@@H]2CC[C@H]1c1c2c(O)n(-c2cc(Br)ccc2Br)c1O. The lowest BCUT2D eigenvalue weighted by Gasteiger charge is -2.34. The molecule has 2 N–H and O–H groups in total. The van der Waals surface area contributed by atoms with Gasteiger partial charge in [0.2, 0.25) is 11.8 Å². The Balaban J connectivity index is 2.01. The first kappa shape index (κ1) is 14.3. The molecule has 4 nitrogen and oxygen atoms in total. The highest BCUT2D eigenvalue weighted by atomic mass is 79.9. The molecule has 22 heavy (non-hydrogen) atoms. The normalized spacial score (nSPS) is 22.9. The highest BCUT2D eigenvalue weighted by Crippen LogP contribution is 2.56. The number of benzene rings is 1. The number of hydrogen-bond donors (Lipinski definition) is 2. The predicted molar refractivity (Wildman–Crippen MR) is 88.8 cm³/mol. The van der Waals surface area contributed by atoms with Crippen LogP contribution in [-0.2, 0) is 4.79 Å². The average Bonchev–Trinajstić information content (AvgIpc) is 2.76. The van der Waals surface area contributed by atoms with Crippen LogP contribution in [0, 0.1) is 0 Å². The van der Waals surface area contributed by atoms with Gasteiger partial charge in [0.1, 0.15) is 5.78 Å². The molecule has 114 valence electrons. The Morgan fingerprint density at radius 1 is 1.09 bits per heavy atom. The van der Waals surface area contributed by atoms with E-state index < -0.39 is 0 Å². The third-order valence-electron chi connectivity index (χ3n) is 4.74. The lowest BCUT2D eigenvalue weighted by Crippen LogP contribution is -2.28. The number of halogens is 2. The first-order chi connectivity index (χ1) is 10.5. The molecule has 1 aromatic heterocycles. The molecule has 0 unspecified atom stereocenters. The number of carbonyl (C=O) groups excluding carboxylic acids is 1. The average molecular weight is 427 g/mol. The van der Waals surface area contributed by atoms with Gasteiger partial charge in [0.05, 0.1) is 5.69 Å². The number of rotatable bonds is 1. The first-order valence-corrected chi connectivity index (χ1v) is 8.72. The zero-order chi connectivity index (χ0) is 15.6. The number of Topliss-reactive ketones (excluding diaryl/α,β-unsaturated/α-hetero) is 1. The van der Waals surface area contributed by atoms with Crippen LogP contribution in [0.25, 0.3) is 5.69 Å². The molecule has 6 heteroatoms. The first-order valence-electron chi connectivity index (χ1n) is 7.13. The summed E-state index contributed by atoms with van der Waals surface area (Å²) in [6.07, 6.45) is 2.11. The summed E-state index contributed by atoms with van der Waals surface area (Å²) in [5, 5.41) is 21.4. The van der Waals surface area contributed by atoms with Gasteiger partial charge in [0.25, 0.3) is 0 Å². The molecule has 1 heterocycles. The van der Waals surface area contributed by atoms with Gasteiger partial charge in [-0.3, -0.25) is 4.79 Å². The molecule has 1 fully saturated rings. The molecule has 0 saturated heterocycles. The van der Waals surface area contributed by atoms with Crippen LogP contribution in [0.3, 0.4) is 0 Å². The van der Waals surface area contributed by atoms with Crippen molar-refractivity contribution in [2.75, 3.05) is 0 Å². The molecular formula is C16H13Br2NO3. The number of aromatic hydroxyl groups is 2. The van der Waals surface area contributed by atoms with E-state index in [4.69, 9.17) is 0 Å². The van der Waals surface area contributed by atoms with Crippen LogP contribution in [-0.4, -0.2) is 20.6 Å². The van der Waals surface area contributed by atoms with Crippen LogP contribution in [0.5, 0.6) is 11.8 Å². The number of fused-ring (bicyclic) bond motifs is 2. The van der Waals surface area contributed by atoms with E-state index in [9.17, 15) is 15.0 Å². The third-order valence-corrected chi connectivity index (χ3v) is 5.91. The van der Waals surface area contributed by atoms with Crippen molar-refractivity contribution in [3.05, 3.63) is 38.3 Å². The van der Waals surface area contributed by atoms with Gasteiger partial charge in [-0.15, -0.1) is 0 Å². The van der Waals surface area contributed by atoms with Gasteiger partial charge >= 0.3 is 0 Å². The van der Waals surface area contributed by atoms with Crippen molar-refractivity contribution >= 4 is 37.6 Å². The van der Waals surface area contributed by atoms with Crippen molar-refractivity contribution in [2.45, 2.75) is 31.1 Å². The molecule has 0 amide bonds. The number of aromatic nitrogens is 1. The largest absolute Gasteiger partial charge is 0.494 e. The lowest BCUT2D eigenvalue weighted by molar-refractivity contribution is -0.123. The van der Waals surface area contributed by atoms with Gasteiger partial charge in [-0.2, -0.15) is 0 Å². The van der Waals surface area contributed by atoms with E-state index in [2.05, 4.69) is 31.9 Å². The Bertz CT molecular complexity index is 812. The van der Waals surface area contributed by atoms with Crippen molar-refractivity contribution in [2.24, 2.45) is 0 Å². The second-order valence-corrected chi connectivity index (χ2v) is 7.67. The van der Waals surface area contributed by atoms with Gasteiger partial charge in [0, 0.05) is 32.4 Å². The molecule has 3 aliphatic carbocycles. The van der Waals surface area contributed by atoms with E-state index >= 15 is 0 Å². The van der Waals surface area contributed by atoms with Crippen molar-refractivity contribution in [3.63, 3.8) is 0 Å². The fraction of sp³-hybridized carbons (Fsp3) is 0.312. The van der Waals surface area contributed by atoms with E-state index in [1.54, 1.807) is 0 Å². The number of ketones is 1. The fourth-order valence-corrected chi connectivity index (χ4v) is 4.55. The topological polar surface area (TPSA) is 62.5 Å². The number of hydrogen-bond acceptors (Lipinski definition) is 3. The van der Waals surface area contributed by atoms with Crippen LogP contribution in [0.1, 0.15) is 42.2 Å². The van der Waals surface area contributed by atoms with Gasteiger partial charge in [-0.25, -0.2) is 4.57 Å². The van der Waals surface area contributed by atoms with Crippen LogP contribution in [0.2, 0.25) is 0 Å². The number of carbonyl (C=O) groups is 1. The Labute approximate surface area is 144 Å². The Morgan fingerprint density at radius 3 is 2.55 bits per heavy atom. The quantitative estimate of drug-likeness (QED) is 0.712. The molecule has 1 saturated carbocycles. The fourth-order valence-electron chi connectivity index (χ4n) is 3.78. The third kappa shape index (κ3) is 1.83. The summed E-state index contributed by atoms with van der Waals surface area (Å²) in [4.78, 5) is 12.1. The van der Waals surface area contributed by atoms with Gasteiger partial charge in [0.15, 0.2) is 0 Å². The van der Waals surface area contributed by atoms with E-state index in [1.165, 1.54) is 4.57 Å². The molecule has 1 aromatic carbocycles. The number of nitrogens with zero attached hydrogens (tertiary/aromatic N) is 1. The molecule has 3 aliphatic rings. The predicted octanol–water partition coefficient (Wildman–Crippen LogP) is 4.35. The van der Waals surface area contributed by atoms with Crippen LogP contribution < -0.4 is 0 Å². The maximum Gasteiger partial charge on any atom is 0.203 e. The summed E-state index contributed by atoms with van der Waals surface area (Å²) < 4.78 is 3.03. The zero-order valence-corrected chi connectivity index (χ0v) is 14.7. The summed E-state index contributed by atoms with van der Waals surface area (Å²) in [7, 11) is 0. The van der Waals surface area contributed by atoms with Gasteiger partial charge in [-0.05, 0) is 52.9 Å².